The zero-order valence-corrected chi connectivity index (χ0v) is 10.8. The standard InChI is InChI=1S/C12H17N3O3/c1-8-12(2,5-7-18-8)15-9-4-6-13-10(14-9)11(16)17-3/h4,6,8H,5,7H2,1-3H3,(H,13,14,15). The van der Waals surface area contributed by atoms with Gasteiger partial charge >= 0.3 is 5.97 Å². The van der Waals surface area contributed by atoms with Crippen LogP contribution >= 0.6 is 0 Å². The highest BCUT2D eigenvalue weighted by molar-refractivity contribution is 5.85. The lowest BCUT2D eigenvalue weighted by Crippen LogP contribution is -2.41. The molecule has 2 unspecified atom stereocenters. The lowest BCUT2D eigenvalue weighted by Gasteiger charge is -2.29. The molecule has 1 saturated heterocycles. The number of hydrogen-bond donors (Lipinski definition) is 1. The van der Waals surface area contributed by atoms with Gasteiger partial charge in [-0.15, -0.1) is 0 Å². The molecule has 1 fully saturated rings. The van der Waals surface area contributed by atoms with Crippen LogP contribution in [0.1, 0.15) is 30.9 Å². The summed E-state index contributed by atoms with van der Waals surface area (Å²) >= 11 is 0. The first-order valence-electron chi connectivity index (χ1n) is 5.86. The average molecular weight is 251 g/mol. The highest BCUT2D eigenvalue weighted by atomic mass is 16.5. The molecule has 0 saturated carbocycles. The van der Waals surface area contributed by atoms with Crippen LogP contribution < -0.4 is 5.32 Å². The summed E-state index contributed by atoms with van der Waals surface area (Å²) in [6.45, 7) is 4.81. The van der Waals surface area contributed by atoms with Crippen molar-refractivity contribution >= 4 is 11.8 Å². The average Bonchev–Trinajstić information content (AvgIpc) is 2.68. The molecule has 1 aliphatic rings. The van der Waals surface area contributed by atoms with Gasteiger partial charge in [0.25, 0.3) is 0 Å². The normalized spacial score (nSPS) is 26.9. The van der Waals surface area contributed by atoms with E-state index in [0.29, 0.717) is 5.82 Å². The Morgan fingerprint density at radius 1 is 1.67 bits per heavy atom. The number of nitrogens with one attached hydrogen (secondary N) is 1. The summed E-state index contributed by atoms with van der Waals surface area (Å²) in [6, 6.07) is 1.72. The molecule has 1 aromatic rings. The molecule has 0 aliphatic carbocycles. The van der Waals surface area contributed by atoms with E-state index in [1.807, 2.05) is 6.92 Å². The zero-order valence-electron chi connectivity index (χ0n) is 10.8. The number of anilines is 1. The van der Waals surface area contributed by atoms with Gasteiger partial charge in [0.1, 0.15) is 5.82 Å². The number of hydrogen-bond acceptors (Lipinski definition) is 6. The molecule has 6 nitrogen and oxygen atoms in total. The molecular formula is C12H17N3O3. The number of esters is 1. The maximum Gasteiger partial charge on any atom is 0.376 e. The molecule has 0 spiro atoms. The Bertz CT molecular complexity index is 452. The second kappa shape index (κ2) is 4.89. The van der Waals surface area contributed by atoms with E-state index in [0.717, 1.165) is 13.0 Å². The molecule has 98 valence electrons. The minimum absolute atomic E-state index is 0.0534. The number of carbonyl (C=O) groups excluding carboxylic acids is 1. The van der Waals surface area contributed by atoms with E-state index in [1.54, 1.807) is 6.07 Å². The summed E-state index contributed by atoms with van der Waals surface area (Å²) in [5.74, 6) is 0.113. The third kappa shape index (κ3) is 2.43. The molecule has 18 heavy (non-hydrogen) atoms. The Kier molecular flexibility index (Phi) is 3.47. The minimum atomic E-state index is -0.542. The van der Waals surface area contributed by atoms with Gasteiger partial charge in [0.15, 0.2) is 0 Å². The van der Waals surface area contributed by atoms with Crippen LogP contribution in [0.2, 0.25) is 0 Å². The highest BCUT2D eigenvalue weighted by Gasteiger charge is 2.37. The fraction of sp³-hybridized carbons (Fsp3) is 0.583. The van der Waals surface area contributed by atoms with E-state index in [4.69, 9.17) is 4.74 Å². The van der Waals surface area contributed by atoms with Gasteiger partial charge in [-0.3, -0.25) is 0 Å². The summed E-state index contributed by atoms with van der Waals surface area (Å²) in [5, 5.41) is 3.30. The third-order valence-electron chi connectivity index (χ3n) is 3.32. The van der Waals surface area contributed by atoms with Gasteiger partial charge in [-0.25, -0.2) is 14.8 Å². The van der Waals surface area contributed by atoms with Crippen LogP contribution in [-0.2, 0) is 9.47 Å². The van der Waals surface area contributed by atoms with Gasteiger partial charge < -0.3 is 14.8 Å². The Labute approximate surface area is 106 Å². The van der Waals surface area contributed by atoms with Crippen LogP contribution in [0, 0.1) is 0 Å². The van der Waals surface area contributed by atoms with Crippen molar-refractivity contribution in [2.45, 2.75) is 31.9 Å². The first-order valence-corrected chi connectivity index (χ1v) is 5.86. The van der Waals surface area contributed by atoms with Crippen LogP contribution in [0.15, 0.2) is 12.3 Å². The van der Waals surface area contributed by atoms with Crippen molar-refractivity contribution in [3.05, 3.63) is 18.1 Å². The number of aromatic nitrogens is 2. The second-order valence-electron chi connectivity index (χ2n) is 4.56. The van der Waals surface area contributed by atoms with Crippen LogP contribution in [0.4, 0.5) is 5.82 Å². The molecule has 0 aromatic carbocycles. The Balaban J connectivity index is 2.17. The lowest BCUT2D eigenvalue weighted by molar-refractivity contribution is 0.0587. The molecule has 1 aromatic heterocycles. The van der Waals surface area contributed by atoms with Crippen molar-refractivity contribution in [3.8, 4) is 0 Å². The van der Waals surface area contributed by atoms with Crippen molar-refractivity contribution in [1.82, 2.24) is 9.97 Å². The first-order chi connectivity index (χ1) is 8.55. The second-order valence-corrected chi connectivity index (χ2v) is 4.56. The van der Waals surface area contributed by atoms with E-state index in [-0.39, 0.29) is 17.5 Å². The van der Waals surface area contributed by atoms with Crippen molar-refractivity contribution in [2.24, 2.45) is 0 Å². The molecular weight excluding hydrogens is 234 g/mol. The lowest BCUT2D eigenvalue weighted by atomic mass is 9.95. The maximum absolute atomic E-state index is 11.3. The minimum Gasteiger partial charge on any atom is -0.463 e. The fourth-order valence-corrected chi connectivity index (χ4v) is 1.91. The SMILES string of the molecule is COC(=O)c1nccc(NC2(C)CCOC2C)n1. The number of methoxy groups -OCH3 is 1. The first kappa shape index (κ1) is 12.8. The summed E-state index contributed by atoms with van der Waals surface area (Å²) in [4.78, 5) is 19.4. The molecule has 2 heterocycles. The maximum atomic E-state index is 11.3. The van der Waals surface area contributed by atoms with Gasteiger partial charge in [-0.1, -0.05) is 0 Å². The van der Waals surface area contributed by atoms with E-state index >= 15 is 0 Å². The smallest absolute Gasteiger partial charge is 0.376 e. The largest absolute Gasteiger partial charge is 0.463 e. The molecule has 2 rings (SSSR count). The summed E-state index contributed by atoms with van der Waals surface area (Å²) in [5.41, 5.74) is -0.179. The third-order valence-corrected chi connectivity index (χ3v) is 3.32. The van der Waals surface area contributed by atoms with E-state index < -0.39 is 5.97 Å². The van der Waals surface area contributed by atoms with Gasteiger partial charge in [0.2, 0.25) is 5.82 Å². The fourth-order valence-electron chi connectivity index (χ4n) is 1.91. The van der Waals surface area contributed by atoms with Gasteiger partial charge in [0.05, 0.1) is 18.8 Å². The molecule has 0 amide bonds. The monoisotopic (exact) mass is 251 g/mol. The summed E-state index contributed by atoms with van der Waals surface area (Å²) < 4.78 is 10.1. The van der Waals surface area contributed by atoms with E-state index in [9.17, 15) is 4.79 Å². The van der Waals surface area contributed by atoms with Crippen LogP contribution in [0.25, 0.3) is 0 Å². The Hall–Kier alpha value is -1.69. The van der Waals surface area contributed by atoms with Gasteiger partial charge in [-0.05, 0) is 26.3 Å². The topological polar surface area (TPSA) is 73.3 Å². The summed E-state index contributed by atoms with van der Waals surface area (Å²) in [6.07, 6.45) is 2.52. The van der Waals surface area contributed by atoms with Crippen LogP contribution in [0.3, 0.4) is 0 Å². The number of nitrogens with zero attached hydrogens (tertiary/aromatic N) is 2. The van der Waals surface area contributed by atoms with E-state index in [2.05, 4.69) is 26.9 Å². The van der Waals surface area contributed by atoms with Crippen LogP contribution in [0.5, 0.6) is 0 Å². The predicted octanol–water partition coefficient (Wildman–Crippen LogP) is 1.24. The quantitative estimate of drug-likeness (QED) is 0.815. The summed E-state index contributed by atoms with van der Waals surface area (Å²) in [7, 11) is 1.31. The number of ether oxygens (including phenoxy) is 2. The van der Waals surface area contributed by atoms with E-state index in [1.165, 1.54) is 13.3 Å². The number of rotatable bonds is 3. The van der Waals surface area contributed by atoms with Crippen molar-refractivity contribution in [3.63, 3.8) is 0 Å². The zero-order chi connectivity index (χ0) is 13.2. The van der Waals surface area contributed by atoms with Crippen molar-refractivity contribution < 1.29 is 14.3 Å². The van der Waals surface area contributed by atoms with Crippen molar-refractivity contribution in [1.29, 1.82) is 0 Å². The van der Waals surface area contributed by atoms with Crippen molar-refractivity contribution in [2.75, 3.05) is 19.0 Å². The van der Waals surface area contributed by atoms with Gasteiger partial charge in [0, 0.05) is 12.8 Å². The van der Waals surface area contributed by atoms with Gasteiger partial charge in [-0.2, -0.15) is 0 Å². The highest BCUT2D eigenvalue weighted by Crippen LogP contribution is 2.28. The van der Waals surface area contributed by atoms with Crippen LogP contribution in [-0.4, -0.2) is 41.3 Å². The Morgan fingerprint density at radius 2 is 2.44 bits per heavy atom. The molecule has 0 radical (unpaired) electrons. The Morgan fingerprint density at radius 3 is 3.06 bits per heavy atom. The molecule has 2 atom stereocenters. The predicted molar refractivity (Wildman–Crippen MR) is 65.4 cm³/mol. The molecule has 1 aliphatic heterocycles. The molecule has 0 bridgehead atoms. The molecule has 1 N–H and O–H groups in total. The molecule has 6 heteroatoms. The number of carbonyl (C=O) groups is 1.